The molecule has 0 saturated heterocycles. The summed E-state index contributed by atoms with van der Waals surface area (Å²) < 4.78 is 20.2. The summed E-state index contributed by atoms with van der Waals surface area (Å²) in [5, 5.41) is 4.28. The Labute approximate surface area is 121 Å². The van der Waals surface area contributed by atoms with Crippen LogP contribution in [0.5, 0.6) is 0 Å². The molecule has 1 heterocycles. The van der Waals surface area contributed by atoms with E-state index in [1.807, 2.05) is 0 Å². The van der Waals surface area contributed by atoms with E-state index in [9.17, 15) is 9.18 Å². The van der Waals surface area contributed by atoms with E-state index in [2.05, 4.69) is 5.10 Å². The summed E-state index contributed by atoms with van der Waals surface area (Å²) in [6.45, 7) is 5.33. The van der Waals surface area contributed by atoms with Gasteiger partial charge in [0.15, 0.2) is 0 Å². The van der Waals surface area contributed by atoms with Gasteiger partial charge in [0, 0.05) is 11.8 Å². The van der Waals surface area contributed by atoms with Gasteiger partial charge in [0.25, 0.3) is 0 Å². The second-order valence-corrected chi connectivity index (χ2v) is 4.71. The summed E-state index contributed by atoms with van der Waals surface area (Å²) in [6.07, 6.45) is 1.53. The summed E-state index contributed by atoms with van der Waals surface area (Å²) >= 11 is 5.72. The van der Waals surface area contributed by atoms with Crippen molar-refractivity contribution in [1.29, 1.82) is 0 Å². The number of nitrogens with zero attached hydrogens (tertiary/aromatic N) is 2. The largest absolute Gasteiger partial charge is 0.462 e. The minimum atomic E-state index is -0.491. The molecule has 0 fully saturated rings. The molecule has 0 atom stereocenters. The van der Waals surface area contributed by atoms with E-state index in [-0.39, 0.29) is 11.6 Å². The third kappa shape index (κ3) is 2.54. The highest BCUT2D eigenvalue weighted by Gasteiger charge is 2.17. The van der Waals surface area contributed by atoms with E-state index in [0.717, 1.165) is 0 Å². The lowest BCUT2D eigenvalue weighted by Crippen LogP contribution is -2.04. The van der Waals surface area contributed by atoms with E-state index in [0.29, 0.717) is 22.5 Å². The maximum atomic E-state index is 13.8. The van der Waals surface area contributed by atoms with Crippen molar-refractivity contribution in [3.05, 3.63) is 46.0 Å². The molecule has 0 aliphatic carbocycles. The molecule has 0 aliphatic rings. The molecule has 0 bridgehead atoms. The second kappa shape index (κ2) is 5.63. The first-order chi connectivity index (χ1) is 9.45. The van der Waals surface area contributed by atoms with Crippen molar-refractivity contribution in [3.63, 3.8) is 0 Å². The van der Waals surface area contributed by atoms with Crippen molar-refractivity contribution in [2.45, 2.75) is 20.8 Å². The molecule has 2 aromatic rings. The lowest BCUT2D eigenvalue weighted by molar-refractivity contribution is 0.0525. The maximum Gasteiger partial charge on any atom is 0.341 e. The van der Waals surface area contributed by atoms with Crippen molar-refractivity contribution >= 4 is 17.6 Å². The van der Waals surface area contributed by atoms with Gasteiger partial charge in [-0.15, -0.1) is 0 Å². The smallest absolute Gasteiger partial charge is 0.341 e. The first kappa shape index (κ1) is 14.5. The minimum absolute atomic E-state index is 0.0562. The number of hydrogen-bond acceptors (Lipinski definition) is 3. The summed E-state index contributed by atoms with van der Waals surface area (Å²) in [7, 11) is 0. The van der Waals surface area contributed by atoms with Crippen LogP contribution in [0.15, 0.2) is 18.3 Å². The molecule has 2 rings (SSSR count). The SMILES string of the molecule is CCOC(=O)c1cn(-c2ccc(Cl)c(F)c2C)nc1C. The van der Waals surface area contributed by atoms with Crippen LogP contribution in [0.3, 0.4) is 0 Å². The van der Waals surface area contributed by atoms with Gasteiger partial charge in [0.2, 0.25) is 0 Å². The van der Waals surface area contributed by atoms with E-state index in [4.69, 9.17) is 16.3 Å². The van der Waals surface area contributed by atoms with E-state index in [1.165, 1.54) is 16.9 Å². The average molecular weight is 297 g/mol. The number of esters is 1. The highest BCUT2D eigenvalue weighted by Crippen LogP contribution is 2.24. The quantitative estimate of drug-likeness (QED) is 0.815. The zero-order valence-corrected chi connectivity index (χ0v) is 12.2. The van der Waals surface area contributed by atoms with Crippen LogP contribution in [-0.2, 0) is 4.74 Å². The van der Waals surface area contributed by atoms with Crippen molar-refractivity contribution in [2.75, 3.05) is 6.61 Å². The molecule has 6 heteroatoms. The normalized spacial score (nSPS) is 10.7. The predicted molar refractivity (Wildman–Crippen MR) is 74.0 cm³/mol. The van der Waals surface area contributed by atoms with Crippen LogP contribution < -0.4 is 0 Å². The van der Waals surface area contributed by atoms with Gasteiger partial charge >= 0.3 is 5.97 Å². The van der Waals surface area contributed by atoms with Gasteiger partial charge < -0.3 is 4.74 Å². The number of aryl methyl sites for hydroxylation is 1. The molecule has 0 saturated carbocycles. The highest BCUT2D eigenvalue weighted by atomic mass is 35.5. The number of carbonyl (C=O) groups is 1. The Morgan fingerprint density at radius 2 is 2.15 bits per heavy atom. The Balaban J connectivity index is 2.48. The molecule has 0 N–H and O–H groups in total. The van der Waals surface area contributed by atoms with Gasteiger partial charge in [-0.05, 0) is 32.9 Å². The average Bonchev–Trinajstić information content (AvgIpc) is 2.78. The van der Waals surface area contributed by atoms with Crippen LogP contribution in [0, 0.1) is 19.7 Å². The number of halogens is 2. The van der Waals surface area contributed by atoms with Crippen LogP contribution >= 0.6 is 11.6 Å². The summed E-state index contributed by atoms with van der Waals surface area (Å²) in [5.41, 5.74) is 1.79. The van der Waals surface area contributed by atoms with Crippen LogP contribution in [0.2, 0.25) is 5.02 Å². The monoisotopic (exact) mass is 296 g/mol. The molecular formula is C14H14ClFN2O2. The molecule has 1 aromatic carbocycles. The van der Waals surface area contributed by atoms with E-state index in [1.54, 1.807) is 26.8 Å². The van der Waals surface area contributed by atoms with Crippen molar-refractivity contribution in [2.24, 2.45) is 0 Å². The number of rotatable bonds is 3. The van der Waals surface area contributed by atoms with Gasteiger partial charge in [-0.25, -0.2) is 13.9 Å². The number of benzene rings is 1. The van der Waals surface area contributed by atoms with Crippen LogP contribution in [-0.4, -0.2) is 22.4 Å². The van der Waals surface area contributed by atoms with Gasteiger partial charge in [-0.2, -0.15) is 5.10 Å². The predicted octanol–water partition coefficient (Wildman–Crippen LogP) is 3.46. The zero-order chi connectivity index (χ0) is 14.9. The van der Waals surface area contributed by atoms with Gasteiger partial charge in [-0.3, -0.25) is 0 Å². The first-order valence-electron chi connectivity index (χ1n) is 6.14. The van der Waals surface area contributed by atoms with Crippen molar-refractivity contribution in [1.82, 2.24) is 9.78 Å². The second-order valence-electron chi connectivity index (χ2n) is 4.30. The highest BCUT2D eigenvalue weighted by molar-refractivity contribution is 6.30. The number of aromatic nitrogens is 2. The fourth-order valence-corrected chi connectivity index (χ4v) is 2.09. The number of ether oxygens (including phenoxy) is 1. The number of carbonyl (C=O) groups excluding carboxylic acids is 1. The molecule has 0 radical (unpaired) electrons. The molecule has 0 amide bonds. The minimum Gasteiger partial charge on any atom is -0.462 e. The lowest BCUT2D eigenvalue weighted by Gasteiger charge is -2.07. The third-order valence-corrected chi connectivity index (χ3v) is 3.24. The molecule has 0 aliphatic heterocycles. The zero-order valence-electron chi connectivity index (χ0n) is 11.4. The molecule has 0 spiro atoms. The van der Waals surface area contributed by atoms with Crippen molar-refractivity contribution < 1.29 is 13.9 Å². The fraction of sp³-hybridized carbons (Fsp3) is 0.286. The number of hydrogen-bond donors (Lipinski definition) is 0. The summed E-state index contributed by atoms with van der Waals surface area (Å²) in [5.74, 6) is -0.932. The fourth-order valence-electron chi connectivity index (χ4n) is 1.88. The van der Waals surface area contributed by atoms with Gasteiger partial charge in [0.05, 0.1) is 23.0 Å². The summed E-state index contributed by atoms with van der Waals surface area (Å²) in [4.78, 5) is 11.7. The molecule has 1 aromatic heterocycles. The van der Waals surface area contributed by atoms with Gasteiger partial charge in [-0.1, -0.05) is 11.6 Å². The van der Waals surface area contributed by atoms with E-state index >= 15 is 0 Å². The molecular weight excluding hydrogens is 283 g/mol. The van der Waals surface area contributed by atoms with Crippen molar-refractivity contribution in [3.8, 4) is 5.69 Å². The molecule has 0 unspecified atom stereocenters. The van der Waals surface area contributed by atoms with Gasteiger partial charge in [0.1, 0.15) is 11.4 Å². The Morgan fingerprint density at radius 1 is 1.45 bits per heavy atom. The topological polar surface area (TPSA) is 44.1 Å². The first-order valence-corrected chi connectivity index (χ1v) is 6.51. The standard InChI is InChI=1S/C14H14ClFN2O2/c1-4-20-14(19)10-7-18(17-9(10)3)12-6-5-11(15)13(16)8(12)2/h5-7H,4H2,1-3H3. The van der Waals surface area contributed by atoms with Crippen LogP contribution in [0.4, 0.5) is 4.39 Å². The van der Waals surface area contributed by atoms with Crippen LogP contribution in [0.25, 0.3) is 5.69 Å². The lowest BCUT2D eigenvalue weighted by atomic mass is 10.2. The Kier molecular flexibility index (Phi) is 4.09. The summed E-state index contributed by atoms with van der Waals surface area (Å²) in [6, 6.07) is 3.11. The maximum absolute atomic E-state index is 13.8. The molecule has 4 nitrogen and oxygen atoms in total. The molecule has 106 valence electrons. The Morgan fingerprint density at radius 3 is 2.80 bits per heavy atom. The van der Waals surface area contributed by atoms with Crippen LogP contribution in [0.1, 0.15) is 28.5 Å². The third-order valence-electron chi connectivity index (χ3n) is 2.95. The van der Waals surface area contributed by atoms with E-state index < -0.39 is 11.8 Å². The Hall–Kier alpha value is -1.88. The molecule has 20 heavy (non-hydrogen) atoms. The Bertz CT molecular complexity index is 667.